The number of aromatic nitrogens is 2. The summed E-state index contributed by atoms with van der Waals surface area (Å²) < 4.78 is 24.6. The first-order chi connectivity index (χ1) is 12.3. The standard InChI is InChI=1S/C19H24FN3O3/c1-19(2,3)25-18(24)23-10-6-7-13(12-23)11-16-21-17(22-26-16)14-8-4-5-9-15(14)20/h4-5,8-9,13H,6-7,10-12H2,1-3H3/t13-/m1/s1. The minimum atomic E-state index is -0.509. The molecule has 1 aromatic heterocycles. The zero-order valence-electron chi connectivity index (χ0n) is 15.4. The summed E-state index contributed by atoms with van der Waals surface area (Å²) in [6.07, 6.45) is 2.13. The van der Waals surface area contributed by atoms with E-state index in [-0.39, 0.29) is 23.7 Å². The molecule has 1 aromatic carbocycles. The summed E-state index contributed by atoms with van der Waals surface area (Å²) in [6.45, 7) is 6.85. The van der Waals surface area contributed by atoms with Gasteiger partial charge < -0.3 is 14.2 Å². The van der Waals surface area contributed by atoms with Gasteiger partial charge in [0.25, 0.3) is 0 Å². The van der Waals surface area contributed by atoms with Crippen molar-refractivity contribution < 1.29 is 18.4 Å². The maximum absolute atomic E-state index is 13.8. The number of nitrogens with zero attached hydrogens (tertiary/aromatic N) is 3. The van der Waals surface area contributed by atoms with Crippen LogP contribution in [0.4, 0.5) is 9.18 Å². The van der Waals surface area contributed by atoms with E-state index in [1.807, 2.05) is 20.8 Å². The van der Waals surface area contributed by atoms with Crippen LogP contribution in [0.15, 0.2) is 28.8 Å². The molecule has 1 atom stereocenters. The maximum Gasteiger partial charge on any atom is 0.410 e. The fourth-order valence-electron chi connectivity index (χ4n) is 3.06. The average molecular weight is 361 g/mol. The first-order valence-electron chi connectivity index (χ1n) is 8.87. The lowest BCUT2D eigenvalue weighted by Gasteiger charge is -2.33. The molecule has 0 bridgehead atoms. The molecular formula is C19H24FN3O3. The number of halogens is 1. The molecule has 0 N–H and O–H groups in total. The predicted molar refractivity (Wildman–Crippen MR) is 93.9 cm³/mol. The number of piperidine rings is 1. The third kappa shape index (κ3) is 4.59. The molecule has 0 spiro atoms. The number of ether oxygens (including phenoxy) is 1. The van der Waals surface area contributed by atoms with E-state index in [9.17, 15) is 9.18 Å². The van der Waals surface area contributed by atoms with E-state index in [1.165, 1.54) is 6.07 Å². The summed E-state index contributed by atoms with van der Waals surface area (Å²) in [4.78, 5) is 18.3. The Hall–Kier alpha value is -2.44. The Morgan fingerprint density at radius 2 is 2.15 bits per heavy atom. The largest absolute Gasteiger partial charge is 0.444 e. The minimum absolute atomic E-state index is 0.213. The number of carbonyl (C=O) groups is 1. The van der Waals surface area contributed by atoms with Crippen molar-refractivity contribution in [3.8, 4) is 11.4 Å². The van der Waals surface area contributed by atoms with E-state index in [0.29, 0.717) is 31.0 Å². The molecule has 6 nitrogen and oxygen atoms in total. The Balaban J connectivity index is 1.63. The molecule has 7 heteroatoms. The molecule has 0 aliphatic carbocycles. The van der Waals surface area contributed by atoms with Gasteiger partial charge in [0, 0.05) is 19.5 Å². The van der Waals surface area contributed by atoms with Gasteiger partial charge in [-0.15, -0.1) is 0 Å². The van der Waals surface area contributed by atoms with Crippen LogP contribution in [0.3, 0.4) is 0 Å². The van der Waals surface area contributed by atoms with Crippen molar-refractivity contribution in [1.29, 1.82) is 0 Å². The monoisotopic (exact) mass is 361 g/mol. The van der Waals surface area contributed by atoms with Gasteiger partial charge in [0.05, 0.1) is 5.56 Å². The molecule has 0 radical (unpaired) electrons. The van der Waals surface area contributed by atoms with E-state index in [4.69, 9.17) is 9.26 Å². The Morgan fingerprint density at radius 1 is 1.38 bits per heavy atom. The third-order valence-electron chi connectivity index (χ3n) is 4.22. The molecule has 1 saturated heterocycles. The summed E-state index contributed by atoms with van der Waals surface area (Å²) in [5.74, 6) is 0.538. The number of amides is 1. The highest BCUT2D eigenvalue weighted by Crippen LogP contribution is 2.24. The summed E-state index contributed by atoms with van der Waals surface area (Å²) in [6, 6.07) is 6.33. The molecule has 1 aliphatic rings. The van der Waals surface area contributed by atoms with E-state index in [0.717, 1.165) is 12.8 Å². The molecule has 26 heavy (non-hydrogen) atoms. The van der Waals surface area contributed by atoms with Gasteiger partial charge in [0.1, 0.15) is 11.4 Å². The predicted octanol–water partition coefficient (Wildman–Crippen LogP) is 4.07. The first-order valence-corrected chi connectivity index (χ1v) is 8.87. The van der Waals surface area contributed by atoms with Crippen LogP contribution in [0.2, 0.25) is 0 Å². The average Bonchev–Trinajstić information content (AvgIpc) is 3.02. The van der Waals surface area contributed by atoms with Crippen molar-refractivity contribution in [3.63, 3.8) is 0 Å². The van der Waals surface area contributed by atoms with Crippen molar-refractivity contribution in [2.45, 2.75) is 45.6 Å². The van der Waals surface area contributed by atoms with Crippen LogP contribution in [-0.4, -0.2) is 39.8 Å². The van der Waals surface area contributed by atoms with Crippen molar-refractivity contribution in [2.75, 3.05) is 13.1 Å². The van der Waals surface area contributed by atoms with Crippen LogP contribution >= 0.6 is 0 Å². The maximum atomic E-state index is 13.8. The van der Waals surface area contributed by atoms with Crippen molar-refractivity contribution >= 4 is 6.09 Å². The van der Waals surface area contributed by atoms with Gasteiger partial charge in [-0.3, -0.25) is 0 Å². The highest BCUT2D eigenvalue weighted by molar-refractivity contribution is 5.68. The molecule has 1 fully saturated rings. The number of rotatable bonds is 3. The van der Waals surface area contributed by atoms with Crippen molar-refractivity contribution in [2.24, 2.45) is 5.92 Å². The number of hydrogen-bond donors (Lipinski definition) is 0. The second-order valence-corrected chi connectivity index (χ2v) is 7.63. The van der Waals surface area contributed by atoms with Gasteiger partial charge in [0.15, 0.2) is 0 Å². The fraction of sp³-hybridized carbons (Fsp3) is 0.526. The number of carbonyl (C=O) groups excluding carboxylic acids is 1. The second-order valence-electron chi connectivity index (χ2n) is 7.63. The summed E-state index contributed by atoms with van der Waals surface area (Å²) in [7, 11) is 0. The number of hydrogen-bond acceptors (Lipinski definition) is 5. The van der Waals surface area contributed by atoms with E-state index >= 15 is 0 Å². The lowest BCUT2D eigenvalue weighted by atomic mass is 9.95. The zero-order chi connectivity index (χ0) is 18.7. The van der Waals surface area contributed by atoms with Crippen LogP contribution in [0.25, 0.3) is 11.4 Å². The van der Waals surface area contributed by atoms with Crippen LogP contribution < -0.4 is 0 Å². The van der Waals surface area contributed by atoms with Gasteiger partial charge in [-0.05, 0) is 51.7 Å². The normalized spacial score (nSPS) is 18.0. The van der Waals surface area contributed by atoms with E-state index < -0.39 is 5.60 Å². The van der Waals surface area contributed by atoms with Gasteiger partial charge in [-0.25, -0.2) is 9.18 Å². The quantitative estimate of drug-likeness (QED) is 0.824. The first kappa shape index (κ1) is 18.4. The molecule has 2 aromatic rings. The van der Waals surface area contributed by atoms with Crippen LogP contribution in [-0.2, 0) is 11.2 Å². The molecule has 2 heterocycles. The lowest BCUT2D eigenvalue weighted by Crippen LogP contribution is -2.43. The molecule has 140 valence electrons. The lowest BCUT2D eigenvalue weighted by molar-refractivity contribution is 0.0162. The van der Waals surface area contributed by atoms with Crippen LogP contribution in [0, 0.1) is 11.7 Å². The fourth-order valence-corrected chi connectivity index (χ4v) is 3.06. The van der Waals surface area contributed by atoms with Crippen LogP contribution in [0.5, 0.6) is 0 Å². The molecule has 0 saturated carbocycles. The second kappa shape index (κ2) is 7.43. The highest BCUT2D eigenvalue weighted by Gasteiger charge is 2.28. The Morgan fingerprint density at radius 3 is 2.88 bits per heavy atom. The Labute approximate surface area is 152 Å². The smallest absolute Gasteiger partial charge is 0.410 e. The van der Waals surface area contributed by atoms with Crippen molar-refractivity contribution in [3.05, 3.63) is 36.0 Å². The van der Waals surface area contributed by atoms with E-state index in [1.54, 1.807) is 23.1 Å². The van der Waals surface area contributed by atoms with Crippen LogP contribution in [0.1, 0.15) is 39.5 Å². The molecular weight excluding hydrogens is 337 g/mol. The van der Waals surface area contributed by atoms with Gasteiger partial charge in [-0.1, -0.05) is 17.3 Å². The highest BCUT2D eigenvalue weighted by atomic mass is 19.1. The molecule has 1 amide bonds. The summed E-state index contributed by atoms with van der Waals surface area (Å²) in [5.41, 5.74) is -0.188. The number of benzene rings is 1. The van der Waals surface area contributed by atoms with E-state index in [2.05, 4.69) is 10.1 Å². The zero-order valence-corrected chi connectivity index (χ0v) is 15.4. The minimum Gasteiger partial charge on any atom is -0.444 e. The summed E-state index contributed by atoms with van der Waals surface area (Å²) in [5, 5.41) is 3.88. The molecule has 3 rings (SSSR count). The topological polar surface area (TPSA) is 68.5 Å². The Bertz CT molecular complexity index is 769. The van der Waals surface area contributed by atoms with Gasteiger partial charge in [-0.2, -0.15) is 4.98 Å². The van der Waals surface area contributed by atoms with Gasteiger partial charge in [0.2, 0.25) is 11.7 Å². The third-order valence-corrected chi connectivity index (χ3v) is 4.22. The summed E-state index contributed by atoms with van der Waals surface area (Å²) >= 11 is 0. The number of likely N-dealkylation sites (tertiary alicyclic amines) is 1. The van der Waals surface area contributed by atoms with Crippen molar-refractivity contribution in [1.82, 2.24) is 15.0 Å². The van der Waals surface area contributed by atoms with Gasteiger partial charge >= 0.3 is 6.09 Å². The molecule has 1 aliphatic heterocycles. The Kier molecular flexibility index (Phi) is 5.25. The molecule has 0 unspecified atom stereocenters. The SMILES string of the molecule is CC(C)(C)OC(=O)N1CCC[C@H](Cc2nc(-c3ccccc3F)no2)C1.